The second kappa shape index (κ2) is 8.01. The second-order valence-electron chi connectivity index (χ2n) is 4.21. The molecule has 7 nitrogen and oxygen atoms in total. The molecule has 0 aliphatic rings. The van der Waals surface area contributed by atoms with Crippen molar-refractivity contribution in [2.24, 2.45) is 0 Å². The van der Waals surface area contributed by atoms with E-state index in [0.29, 0.717) is 12.1 Å². The Labute approximate surface area is 127 Å². The fraction of sp³-hybridized carbons (Fsp3) is 0.231. The number of imidazole rings is 1. The third-order valence-corrected chi connectivity index (χ3v) is 2.78. The first kappa shape index (κ1) is 16.6. The minimum Gasteiger partial charge on any atom is -0.352 e. The molecule has 0 unspecified atom stereocenters. The van der Waals surface area contributed by atoms with Gasteiger partial charge < -0.3 is 9.88 Å². The zero-order valence-corrected chi connectivity index (χ0v) is 12.0. The molecular formula is C13H15ClN4O3. The van der Waals surface area contributed by atoms with Gasteiger partial charge in [-0.2, -0.15) is 0 Å². The Morgan fingerprint density at radius 2 is 2.05 bits per heavy atom. The first-order chi connectivity index (χ1) is 9.66. The molecule has 0 bridgehead atoms. The highest BCUT2D eigenvalue weighted by Crippen LogP contribution is 2.11. The Balaban J connectivity index is 0.00000220. The summed E-state index contributed by atoms with van der Waals surface area (Å²) in [5.41, 5.74) is 0.389. The van der Waals surface area contributed by atoms with Gasteiger partial charge in [-0.1, -0.05) is 0 Å². The number of carbonyl (C=O) groups excluding carboxylic acids is 1. The highest BCUT2D eigenvalue weighted by Gasteiger charge is 2.08. The Kier molecular flexibility index (Phi) is 6.35. The number of nitrogens with zero attached hydrogens (tertiary/aromatic N) is 3. The van der Waals surface area contributed by atoms with E-state index in [1.807, 2.05) is 10.8 Å². The smallest absolute Gasteiger partial charge is 0.269 e. The number of rotatable bonds is 6. The molecule has 0 saturated heterocycles. The van der Waals surface area contributed by atoms with Gasteiger partial charge in [0, 0.05) is 43.2 Å². The van der Waals surface area contributed by atoms with Gasteiger partial charge in [0.05, 0.1) is 11.3 Å². The van der Waals surface area contributed by atoms with Crippen LogP contribution in [0.1, 0.15) is 16.8 Å². The first-order valence-corrected chi connectivity index (χ1v) is 6.15. The van der Waals surface area contributed by atoms with E-state index in [1.54, 1.807) is 12.5 Å². The molecular weight excluding hydrogens is 296 g/mol. The molecule has 1 amide bonds. The summed E-state index contributed by atoms with van der Waals surface area (Å²) < 4.78 is 1.93. The number of halogens is 1. The molecule has 112 valence electrons. The van der Waals surface area contributed by atoms with Crippen LogP contribution in [0.15, 0.2) is 43.0 Å². The maximum atomic E-state index is 11.8. The summed E-state index contributed by atoms with van der Waals surface area (Å²) >= 11 is 0. The number of aromatic nitrogens is 2. The van der Waals surface area contributed by atoms with Crippen LogP contribution in [0.4, 0.5) is 5.69 Å². The summed E-state index contributed by atoms with van der Waals surface area (Å²) in [6.45, 7) is 1.31. The molecule has 0 aliphatic carbocycles. The average Bonchev–Trinajstić information content (AvgIpc) is 2.96. The van der Waals surface area contributed by atoms with Gasteiger partial charge in [0.15, 0.2) is 0 Å². The monoisotopic (exact) mass is 310 g/mol. The van der Waals surface area contributed by atoms with Crippen molar-refractivity contribution in [2.75, 3.05) is 6.54 Å². The van der Waals surface area contributed by atoms with Crippen molar-refractivity contribution >= 4 is 24.0 Å². The van der Waals surface area contributed by atoms with Gasteiger partial charge in [0.25, 0.3) is 11.6 Å². The highest BCUT2D eigenvalue weighted by molar-refractivity contribution is 5.94. The lowest BCUT2D eigenvalue weighted by Gasteiger charge is -2.05. The van der Waals surface area contributed by atoms with Crippen LogP contribution in [-0.4, -0.2) is 26.9 Å². The predicted molar refractivity (Wildman–Crippen MR) is 79.5 cm³/mol. The average molecular weight is 311 g/mol. The van der Waals surface area contributed by atoms with E-state index < -0.39 is 4.92 Å². The maximum Gasteiger partial charge on any atom is 0.269 e. The largest absolute Gasteiger partial charge is 0.352 e. The molecule has 8 heteroatoms. The number of hydrogen-bond acceptors (Lipinski definition) is 4. The van der Waals surface area contributed by atoms with E-state index in [2.05, 4.69) is 10.3 Å². The van der Waals surface area contributed by atoms with Crippen LogP contribution in [0.3, 0.4) is 0 Å². The summed E-state index contributed by atoms with van der Waals surface area (Å²) in [5.74, 6) is -0.231. The molecule has 0 radical (unpaired) electrons. The van der Waals surface area contributed by atoms with Crippen molar-refractivity contribution in [1.29, 1.82) is 0 Å². The van der Waals surface area contributed by atoms with Crippen molar-refractivity contribution in [2.45, 2.75) is 13.0 Å². The van der Waals surface area contributed by atoms with Crippen molar-refractivity contribution in [1.82, 2.24) is 14.9 Å². The van der Waals surface area contributed by atoms with Crippen molar-refractivity contribution in [3.8, 4) is 0 Å². The lowest BCUT2D eigenvalue weighted by atomic mass is 10.2. The molecule has 0 fully saturated rings. The number of non-ortho nitro benzene ring substituents is 1. The van der Waals surface area contributed by atoms with E-state index >= 15 is 0 Å². The maximum absolute atomic E-state index is 11.8. The minimum atomic E-state index is -0.493. The van der Waals surface area contributed by atoms with Gasteiger partial charge in [-0.25, -0.2) is 4.98 Å². The first-order valence-electron chi connectivity index (χ1n) is 6.15. The van der Waals surface area contributed by atoms with Crippen LogP contribution in [0.5, 0.6) is 0 Å². The van der Waals surface area contributed by atoms with Crippen LogP contribution >= 0.6 is 12.4 Å². The zero-order chi connectivity index (χ0) is 14.4. The van der Waals surface area contributed by atoms with Crippen LogP contribution in [0.25, 0.3) is 0 Å². The molecule has 1 heterocycles. The minimum absolute atomic E-state index is 0. The van der Waals surface area contributed by atoms with Crippen LogP contribution in [-0.2, 0) is 6.54 Å². The molecule has 2 rings (SSSR count). The summed E-state index contributed by atoms with van der Waals surface area (Å²) in [4.78, 5) is 25.7. The number of nitro groups is 1. The summed E-state index contributed by atoms with van der Waals surface area (Å²) in [5, 5.41) is 13.3. The van der Waals surface area contributed by atoms with E-state index in [1.165, 1.54) is 24.3 Å². The van der Waals surface area contributed by atoms with Gasteiger partial charge in [0.1, 0.15) is 0 Å². The molecule has 0 atom stereocenters. The topological polar surface area (TPSA) is 90.1 Å². The number of carbonyl (C=O) groups is 1. The van der Waals surface area contributed by atoms with E-state index in [-0.39, 0.29) is 24.0 Å². The molecule has 0 spiro atoms. The molecule has 2 aromatic rings. The van der Waals surface area contributed by atoms with Crippen LogP contribution < -0.4 is 5.32 Å². The van der Waals surface area contributed by atoms with Crippen molar-refractivity contribution in [3.05, 3.63) is 58.7 Å². The molecule has 0 aliphatic heterocycles. The SMILES string of the molecule is Cl.O=C(NCCCn1ccnc1)c1ccc([N+](=O)[O-])cc1. The zero-order valence-electron chi connectivity index (χ0n) is 11.1. The van der Waals surface area contributed by atoms with Gasteiger partial charge in [-0.15, -0.1) is 12.4 Å². The number of benzene rings is 1. The van der Waals surface area contributed by atoms with E-state index in [0.717, 1.165) is 13.0 Å². The van der Waals surface area contributed by atoms with Gasteiger partial charge in [0.2, 0.25) is 0 Å². The highest BCUT2D eigenvalue weighted by atomic mass is 35.5. The summed E-state index contributed by atoms with van der Waals surface area (Å²) in [6.07, 6.45) is 6.07. The van der Waals surface area contributed by atoms with Crippen LogP contribution in [0.2, 0.25) is 0 Å². The fourth-order valence-corrected chi connectivity index (χ4v) is 1.72. The van der Waals surface area contributed by atoms with E-state index in [4.69, 9.17) is 0 Å². The quantitative estimate of drug-likeness (QED) is 0.502. The Morgan fingerprint density at radius 3 is 2.62 bits per heavy atom. The predicted octanol–water partition coefficient (Wildman–Crippen LogP) is 2.03. The standard InChI is InChI=1S/C13H14N4O3.ClH/c18-13(11-2-4-12(5-3-11)17(19)20)15-6-1-8-16-9-7-14-10-16;/h2-5,7,9-10H,1,6,8H2,(H,15,18);1H. The lowest BCUT2D eigenvalue weighted by molar-refractivity contribution is -0.384. The van der Waals surface area contributed by atoms with Gasteiger partial charge in [-0.05, 0) is 18.6 Å². The Morgan fingerprint density at radius 1 is 1.33 bits per heavy atom. The molecule has 1 N–H and O–H groups in total. The van der Waals surface area contributed by atoms with Crippen molar-refractivity contribution < 1.29 is 9.72 Å². The number of hydrogen-bond donors (Lipinski definition) is 1. The third kappa shape index (κ3) is 4.88. The van der Waals surface area contributed by atoms with E-state index in [9.17, 15) is 14.9 Å². The fourth-order valence-electron chi connectivity index (χ4n) is 1.72. The molecule has 1 aromatic heterocycles. The Bertz CT molecular complexity index is 584. The van der Waals surface area contributed by atoms with Gasteiger partial charge in [-0.3, -0.25) is 14.9 Å². The second-order valence-corrected chi connectivity index (χ2v) is 4.21. The number of nitrogens with one attached hydrogen (secondary N) is 1. The normalized spacial score (nSPS) is 9.71. The number of amides is 1. The number of aryl methyl sites for hydroxylation is 1. The molecule has 0 saturated carbocycles. The molecule has 21 heavy (non-hydrogen) atoms. The number of nitro benzene ring substituents is 1. The summed E-state index contributed by atoms with van der Waals surface area (Å²) in [6, 6.07) is 5.54. The summed E-state index contributed by atoms with van der Waals surface area (Å²) in [7, 11) is 0. The lowest BCUT2D eigenvalue weighted by Crippen LogP contribution is -2.25. The van der Waals surface area contributed by atoms with Gasteiger partial charge >= 0.3 is 0 Å². The van der Waals surface area contributed by atoms with Crippen molar-refractivity contribution in [3.63, 3.8) is 0 Å². The van der Waals surface area contributed by atoms with Crippen LogP contribution in [0, 0.1) is 10.1 Å². The third-order valence-electron chi connectivity index (χ3n) is 2.78. The Hall–Kier alpha value is -2.41. The molecule has 1 aromatic carbocycles.